The van der Waals surface area contributed by atoms with Crippen LogP contribution in [-0.2, 0) is 17.8 Å². The van der Waals surface area contributed by atoms with Gasteiger partial charge in [-0.25, -0.2) is 4.98 Å². The molecule has 0 aliphatic heterocycles. The molecule has 0 spiro atoms. The lowest BCUT2D eigenvalue weighted by atomic mass is 10.1. The van der Waals surface area contributed by atoms with Gasteiger partial charge in [-0.05, 0) is 23.8 Å². The van der Waals surface area contributed by atoms with E-state index >= 15 is 0 Å². The Morgan fingerprint density at radius 1 is 1.24 bits per heavy atom. The first-order valence-electron chi connectivity index (χ1n) is 8.44. The lowest BCUT2D eigenvalue weighted by Gasteiger charge is -2.09. The van der Waals surface area contributed by atoms with Gasteiger partial charge < -0.3 is 15.0 Å². The van der Waals surface area contributed by atoms with Gasteiger partial charge in [0, 0.05) is 18.0 Å². The largest absolute Gasteiger partial charge is 0.496 e. The van der Waals surface area contributed by atoms with Crippen molar-refractivity contribution in [2.24, 2.45) is 0 Å². The molecule has 0 aliphatic rings. The van der Waals surface area contributed by atoms with E-state index in [4.69, 9.17) is 4.74 Å². The molecule has 1 heterocycles. The third-order valence-corrected chi connectivity index (χ3v) is 4.14. The predicted molar refractivity (Wildman–Crippen MR) is 98.7 cm³/mol. The van der Waals surface area contributed by atoms with E-state index in [2.05, 4.69) is 29.1 Å². The van der Waals surface area contributed by atoms with Crippen molar-refractivity contribution < 1.29 is 9.53 Å². The molecule has 0 aliphatic carbocycles. The fourth-order valence-electron chi connectivity index (χ4n) is 2.75. The Balaban J connectivity index is 1.65. The van der Waals surface area contributed by atoms with Crippen molar-refractivity contribution in [2.75, 3.05) is 7.11 Å². The van der Waals surface area contributed by atoms with Gasteiger partial charge >= 0.3 is 0 Å². The quantitative estimate of drug-likeness (QED) is 0.723. The molecule has 25 heavy (non-hydrogen) atoms. The molecule has 3 aromatic rings. The Morgan fingerprint density at radius 2 is 2.04 bits per heavy atom. The molecule has 0 fully saturated rings. The summed E-state index contributed by atoms with van der Waals surface area (Å²) < 4.78 is 5.30. The van der Waals surface area contributed by atoms with Crippen molar-refractivity contribution in [1.29, 1.82) is 0 Å². The smallest absolute Gasteiger partial charge is 0.224 e. The monoisotopic (exact) mass is 337 g/mol. The van der Waals surface area contributed by atoms with Crippen LogP contribution >= 0.6 is 0 Å². The minimum absolute atomic E-state index is 0.0196. The minimum Gasteiger partial charge on any atom is -0.496 e. The van der Waals surface area contributed by atoms with E-state index in [1.54, 1.807) is 7.11 Å². The number of para-hydroxylation sites is 1. The van der Waals surface area contributed by atoms with Crippen LogP contribution in [0.25, 0.3) is 11.0 Å². The molecule has 3 rings (SSSR count). The summed E-state index contributed by atoms with van der Waals surface area (Å²) in [6, 6.07) is 13.6. The minimum atomic E-state index is -0.0196. The molecular formula is C20H23N3O2. The number of hydrogen-bond acceptors (Lipinski definition) is 3. The van der Waals surface area contributed by atoms with E-state index in [1.807, 2.05) is 42.5 Å². The molecule has 5 nitrogen and oxygen atoms in total. The molecule has 130 valence electrons. The second-order valence-corrected chi connectivity index (χ2v) is 6.39. The van der Waals surface area contributed by atoms with Crippen molar-refractivity contribution in [1.82, 2.24) is 15.3 Å². The fourth-order valence-corrected chi connectivity index (χ4v) is 2.75. The maximum atomic E-state index is 12.3. The molecule has 0 unspecified atom stereocenters. The van der Waals surface area contributed by atoms with Gasteiger partial charge in [0.25, 0.3) is 0 Å². The Kier molecular flexibility index (Phi) is 5.03. The molecular weight excluding hydrogens is 314 g/mol. The standard InChI is InChI=1S/C20H23N3O2/c1-13(2)20-22-16-9-8-14(10-17(16)23-20)11-19(24)21-12-15-6-4-5-7-18(15)25-3/h4-10,13H,11-12H2,1-3H3,(H,21,24)(H,22,23). The summed E-state index contributed by atoms with van der Waals surface area (Å²) in [5, 5.41) is 2.95. The van der Waals surface area contributed by atoms with Crippen molar-refractivity contribution in [3.05, 3.63) is 59.4 Å². The number of rotatable bonds is 6. The maximum Gasteiger partial charge on any atom is 0.224 e. The number of H-pyrrole nitrogens is 1. The molecule has 0 saturated carbocycles. The number of nitrogens with zero attached hydrogens (tertiary/aromatic N) is 1. The van der Waals surface area contributed by atoms with Gasteiger partial charge in [-0.15, -0.1) is 0 Å². The molecule has 1 aromatic heterocycles. The van der Waals surface area contributed by atoms with Gasteiger partial charge in [-0.1, -0.05) is 38.1 Å². The molecule has 0 atom stereocenters. The lowest BCUT2D eigenvalue weighted by molar-refractivity contribution is -0.120. The van der Waals surface area contributed by atoms with Gasteiger partial charge in [-0.3, -0.25) is 4.79 Å². The number of nitrogens with one attached hydrogen (secondary N) is 2. The number of imidazole rings is 1. The van der Waals surface area contributed by atoms with Crippen LogP contribution in [0.4, 0.5) is 0 Å². The molecule has 0 bridgehead atoms. The zero-order valence-electron chi connectivity index (χ0n) is 14.8. The second-order valence-electron chi connectivity index (χ2n) is 6.39. The van der Waals surface area contributed by atoms with Gasteiger partial charge in [0.1, 0.15) is 11.6 Å². The third-order valence-electron chi connectivity index (χ3n) is 4.14. The van der Waals surface area contributed by atoms with Gasteiger partial charge in [0.15, 0.2) is 0 Å². The van der Waals surface area contributed by atoms with Crippen LogP contribution in [0.15, 0.2) is 42.5 Å². The Morgan fingerprint density at radius 3 is 2.80 bits per heavy atom. The number of hydrogen-bond donors (Lipinski definition) is 2. The van der Waals surface area contributed by atoms with Crippen LogP contribution in [0.3, 0.4) is 0 Å². The molecule has 0 radical (unpaired) electrons. The van der Waals surface area contributed by atoms with Gasteiger partial charge in [0.2, 0.25) is 5.91 Å². The maximum absolute atomic E-state index is 12.3. The average molecular weight is 337 g/mol. The van der Waals surface area contributed by atoms with Crippen molar-refractivity contribution in [3.63, 3.8) is 0 Å². The molecule has 1 amide bonds. The zero-order valence-corrected chi connectivity index (χ0v) is 14.8. The molecule has 5 heteroatoms. The summed E-state index contributed by atoms with van der Waals surface area (Å²) in [6.45, 7) is 4.65. The number of amides is 1. The summed E-state index contributed by atoms with van der Waals surface area (Å²) in [6.07, 6.45) is 0.334. The van der Waals surface area contributed by atoms with Gasteiger partial charge in [0.05, 0.1) is 24.6 Å². The van der Waals surface area contributed by atoms with E-state index in [9.17, 15) is 4.79 Å². The van der Waals surface area contributed by atoms with Crippen molar-refractivity contribution >= 4 is 16.9 Å². The zero-order chi connectivity index (χ0) is 17.8. The summed E-state index contributed by atoms with van der Waals surface area (Å²) in [5.41, 5.74) is 3.83. The van der Waals surface area contributed by atoms with Crippen molar-refractivity contribution in [2.45, 2.75) is 32.7 Å². The molecule has 2 N–H and O–H groups in total. The highest BCUT2D eigenvalue weighted by atomic mass is 16.5. The summed E-state index contributed by atoms with van der Waals surface area (Å²) in [7, 11) is 1.63. The topological polar surface area (TPSA) is 67.0 Å². The number of methoxy groups -OCH3 is 1. The van der Waals surface area contributed by atoms with Crippen LogP contribution < -0.4 is 10.1 Å². The number of aromatic amines is 1. The van der Waals surface area contributed by atoms with Crippen LogP contribution in [0.1, 0.15) is 36.7 Å². The number of carbonyl (C=O) groups excluding carboxylic acids is 1. The predicted octanol–water partition coefficient (Wildman–Crippen LogP) is 3.55. The highest BCUT2D eigenvalue weighted by molar-refractivity contribution is 5.81. The van der Waals surface area contributed by atoms with Gasteiger partial charge in [-0.2, -0.15) is 0 Å². The second kappa shape index (κ2) is 7.38. The highest BCUT2D eigenvalue weighted by Gasteiger charge is 2.09. The van der Waals surface area contributed by atoms with E-state index in [0.29, 0.717) is 18.9 Å². The lowest BCUT2D eigenvalue weighted by Crippen LogP contribution is -2.24. The van der Waals surface area contributed by atoms with Crippen LogP contribution in [0, 0.1) is 0 Å². The average Bonchev–Trinajstić information content (AvgIpc) is 3.04. The number of ether oxygens (including phenoxy) is 1. The first kappa shape index (κ1) is 17.0. The van der Waals surface area contributed by atoms with E-state index in [0.717, 1.165) is 33.7 Å². The van der Waals surface area contributed by atoms with Crippen LogP contribution in [0.2, 0.25) is 0 Å². The van der Waals surface area contributed by atoms with E-state index in [-0.39, 0.29) is 5.91 Å². The number of aromatic nitrogens is 2. The number of fused-ring (bicyclic) bond motifs is 1. The Labute approximate surface area is 147 Å². The molecule has 2 aromatic carbocycles. The van der Waals surface area contributed by atoms with Crippen LogP contribution in [0.5, 0.6) is 5.75 Å². The fraction of sp³-hybridized carbons (Fsp3) is 0.300. The van der Waals surface area contributed by atoms with Crippen LogP contribution in [-0.4, -0.2) is 23.0 Å². The number of benzene rings is 2. The van der Waals surface area contributed by atoms with E-state index < -0.39 is 0 Å². The summed E-state index contributed by atoms with van der Waals surface area (Å²) in [4.78, 5) is 20.1. The summed E-state index contributed by atoms with van der Waals surface area (Å²) in [5.74, 6) is 2.07. The SMILES string of the molecule is COc1ccccc1CNC(=O)Cc1ccc2nc(C(C)C)[nH]c2c1. The van der Waals surface area contributed by atoms with E-state index in [1.165, 1.54) is 0 Å². The highest BCUT2D eigenvalue weighted by Crippen LogP contribution is 2.19. The Bertz CT molecular complexity index is 884. The third kappa shape index (κ3) is 3.99. The van der Waals surface area contributed by atoms with Crippen molar-refractivity contribution in [3.8, 4) is 5.75 Å². The Hall–Kier alpha value is -2.82. The first-order valence-corrected chi connectivity index (χ1v) is 8.44. The number of carbonyl (C=O) groups is 1. The first-order chi connectivity index (χ1) is 12.1. The normalized spacial score (nSPS) is 11.0. The molecule has 0 saturated heterocycles. The summed E-state index contributed by atoms with van der Waals surface area (Å²) >= 11 is 0.